The third-order valence-electron chi connectivity index (χ3n) is 11.4. The summed E-state index contributed by atoms with van der Waals surface area (Å²) in [5, 5.41) is 5.10. The molecule has 8 aromatic rings. The van der Waals surface area contributed by atoms with Crippen molar-refractivity contribution in [2.24, 2.45) is 0 Å². The maximum Gasteiger partial charge on any atom is 0.160 e. The second-order valence-corrected chi connectivity index (χ2v) is 15.1. The van der Waals surface area contributed by atoms with Gasteiger partial charge in [0.15, 0.2) is 5.82 Å². The van der Waals surface area contributed by atoms with Crippen molar-refractivity contribution in [1.82, 2.24) is 9.97 Å². The predicted molar refractivity (Wildman–Crippen MR) is 208 cm³/mol. The van der Waals surface area contributed by atoms with E-state index in [9.17, 15) is 0 Å². The first-order valence-corrected chi connectivity index (χ1v) is 17.6. The third-order valence-corrected chi connectivity index (χ3v) is 11.4. The summed E-state index contributed by atoms with van der Waals surface area (Å²) in [4.78, 5) is 10.6. The van der Waals surface area contributed by atoms with Crippen molar-refractivity contribution >= 4 is 21.5 Å². The zero-order valence-corrected chi connectivity index (χ0v) is 28.8. The van der Waals surface area contributed by atoms with E-state index in [0.29, 0.717) is 0 Å². The number of rotatable bonds is 3. The second-order valence-electron chi connectivity index (χ2n) is 15.1. The number of benzene rings is 7. The molecule has 0 bridgehead atoms. The lowest BCUT2D eigenvalue weighted by Gasteiger charge is -2.22. The molecule has 0 unspecified atom stereocenters. The maximum atomic E-state index is 5.31. The first-order valence-electron chi connectivity index (χ1n) is 17.6. The molecule has 0 saturated heterocycles. The predicted octanol–water partition coefficient (Wildman–Crippen LogP) is 12.4. The van der Waals surface area contributed by atoms with Gasteiger partial charge in [-0.15, -0.1) is 0 Å². The lowest BCUT2D eigenvalue weighted by atomic mass is 9.81. The van der Waals surface area contributed by atoms with E-state index in [4.69, 9.17) is 9.97 Å². The van der Waals surface area contributed by atoms with Crippen LogP contribution < -0.4 is 0 Å². The molecular weight excluding hydrogens is 605 g/mol. The Kier molecular flexibility index (Phi) is 6.01. The minimum absolute atomic E-state index is 0.131. The summed E-state index contributed by atoms with van der Waals surface area (Å²) in [7, 11) is 0. The summed E-state index contributed by atoms with van der Waals surface area (Å²) in [6, 6.07) is 53.2. The quantitative estimate of drug-likeness (QED) is 0.192. The van der Waals surface area contributed by atoms with Crippen molar-refractivity contribution in [1.29, 1.82) is 0 Å². The number of hydrogen-bond donors (Lipinski definition) is 0. The van der Waals surface area contributed by atoms with Gasteiger partial charge >= 0.3 is 0 Å². The number of fused-ring (bicyclic) bond motifs is 8. The lowest BCUT2D eigenvalue weighted by Crippen LogP contribution is -2.15. The van der Waals surface area contributed by atoms with Crippen molar-refractivity contribution in [3.8, 4) is 56.2 Å². The molecule has 0 N–H and O–H groups in total. The molecule has 0 aliphatic heterocycles. The second kappa shape index (κ2) is 10.3. The highest BCUT2D eigenvalue weighted by atomic mass is 14.9. The molecular formula is C48H36N2. The van der Waals surface area contributed by atoms with Crippen molar-refractivity contribution in [3.63, 3.8) is 0 Å². The standard InChI is InChI=1S/C48H36N2/c1-47(2)39-20-12-19-36(45(39)38-24-31-16-9-11-18-33(31)26-42(38)47)44-28-43(49-46(50-44)29-13-6-5-7-14-29)34-21-22-35-37-23-30-15-8-10-17-32(30)25-41(37)48(3,4)40(35)27-34/h5-28H,1-4H3. The summed E-state index contributed by atoms with van der Waals surface area (Å²) in [6.07, 6.45) is 0. The Morgan fingerprint density at radius 3 is 1.62 bits per heavy atom. The Labute approximate surface area is 293 Å². The first-order chi connectivity index (χ1) is 24.3. The SMILES string of the molecule is CC1(C)c2cc(-c3cc(-c4cccc5c4-c4cc6ccccc6cc4C5(C)C)nc(-c4ccccc4)n3)ccc2-c2cc3ccccc3cc21. The molecule has 0 amide bonds. The molecule has 7 aromatic carbocycles. The van der Waals surface area contributed by atoms with E-state index < -0.39 is 0 Å². The van der Waals surface area contributed by atoms with Gasteiger partial charge in [-0.3, -0.25) is 0 Å². The lowest BCUT2D eigenvalue weighted by molar-refractivity contribution is 0.661. The minimum Gasteiger partial charge on any atom is -0.228 e. The molecule has 1 aromatic heterocycles. The largest absolute Gasteiger partial charge is 0.228 e. The maximum absolute atomic E-state index is 5.31. The Morgan fingerprint density at radius 1 is 0.360 bits per heavy atom. The van der Waals surface area contributed by atoms with Crippen LogP contribution in [0.5, 0.6) is 0 Å². The van der Waals surface area contributed by atoms with E-state index >= 15 is 0 Å². The molecule has 10 rings (SSSR count). The highest BCUT2D eigenvalue weighted by Gasteiger charge is 2.38. The van der Waals surface area contributed by atoms with Gasteiger partial charge in [-0.25, -0.2) is 9.97 Å². The van der Waals surface area contributed by atoms with Crippen molar-refractivity contribution < 1.29 is 0 Å². The highest BCUT2D eigenvalue weighted by Crippen LogP contribution is 2.54. The van der Waals surface area contributed by atoms with Crippen LogP contribution in [0.15, 0.2) is 146 Å². The van der Waals surface area contributed by atoms with Gasteiger partial charge in [-0.1, -0.05) is 137 Å². The summed E-state index contributed by atoms with van der Waals surface area (Å²) < 4.78 is 0. The number of nitrogens with zero attached hydrogens (tertiary/aromatic N) is 2. The molecule has 2 nitrogen and oxygen atoms in total. The Hall–Kier alpha value is -5.86. The molecule has 1 heterocycles. The molecule has 0 radical (unpaired) electrons. The zero-order valence-electron chi connectivity index (χ0n) is 28.8. The van der Waals surface area contributed by atoms with Crippen LogP contribution in [-0.4, -0.2) is 9.97 Å². The van der Waals surface area contributed by atoms with Crippen LogP contribution in [0.1, 0.15) is 49.9 Å². The monoisotopic (exact) mass is 640 g/mol. The van der Waals surface area contributed by atoms with Gasteiger partial charge in [0.2, 0.25) is 0 Å². The third kappa shape index (κ3) is 4.15. The van der Waals surface area contributed by atoms with Crippen LogP contribution in [0.4, 0.5) is 0 Å². The smallest absolute Gasteiger partial charge is 0.160 e. The molecule has 0 saturated carbocycles. The topological polar surface area (TPSA) is 25.8 Å². The molecule has 238 valence electrons. The van der Waals surface area contributed by atoms with Gasteiger partial charge in [-0.05, 0) is 102 Å². The van der Waals surface area contributed by atoms with Crippen LogP contribution in [0.3, 0.4) is 0 Å². The molecule has 0 fully saturated rings. The highest BCUT2D eigenvalue weighted by molar-refractivity contribution is 5.99. The minimum atomic E-state index is -0.138. The van der Waals surface area contributed by atoms with Crippen molar-refractivity contribution in [2.45, 2.75) is 38.5 Å². The Balaban J connectivity index is 1.18. The van der Waals surface area contributed by atoms with Gasteiger partial charge in [0.05, 0.1) is 11.4 Å². The molecule has 2 aliphatic rings. The number of aromatic nitrogens is 2. The van der Waals surface area contributed by atoms with Gasteiger partial charge in [0, 0.05) is 27.5 Å². The zero-order chi connectivity index (χ0) is 33.8. The van der Waals surface area contributed by atoms with E-state index in [1.54, 1.807) is 0 Å². The van der Waals surface area contributed by atoms with Crippen LogP contribution in [0, 0.1) is 0 Å². The fourth-order valence-electron chi connectivity index (χ4n) is 8.72. The van der Waals surface area contributed by atoms with E-state index in [1.165, 1.54) is 66.1 Å². The van der Waals surface area contributed by atoms with E-state index in [1.807, 2.05) is 6.07 Å². The Bertz CT molecular complexity index is 2700. The number of hydrogen-bond acceptors (Lipinski definition) is 2. The van der Waals surface area contributed by atoms with E-state index in [0.717, 1.165) is 33.9 Å². The average molecular weight is 641 g/mol. The first kappa shape index (κ1) is 29.1. The fraction of sp³-hybridized carbons (Fsp3) is 0.125. The Morgan fingerprint density at radius 2 is 0.920 bits per heavy atom. The van der Waals surface area contributed by atoms with Crippen LogP contribution in [0.2, 0.25) is 0 Å². The van der Waals surface area contributed by atoms with Crippen LogP contribution in [-0.2, 0) is 10.8 Å². The van der Waals surface area contributed by atoms with Crippen molar-refractivity contribution in [3.05, 3.63) is 168 Å². The normalized spacial score (nSPS) is 14.7. The molecule has 2 heteroatoms. The van der Waals surface area contributed by atoms with Gasteiger partial charge in [0.1, 0.15) is 0 Å². The van der Waals surface area contributed by atoms with Gasteiger partial charge in [-0.2, -0.15) is 0 Å². The average Bonchev–Trinajstić information content (AvgIpc) is 3.51. The van der Waals surface area contributed by atoms with Crippen LogP contribution >= 0.6 is 0 Å². The van der Waals surface area contributed by atoms with Gasteiger partial charge in [0.25, 0.3) is 0 Å². The molecule has 0 spiro atoms. The fourth-order valence-corrected chi connectivity index (χ4v) is 8.72. The molecule has 50 heavy (non-hydrogen) atoms. The summed E-state index contributed by atoms with van der Waals surface area (Å²) in [5.74, 6) is 0.737. The summed E-state index contributed by atoms with van der Waals surface area (Å²) in [5.41, 5.74) is 15.5. The van der Waals surface area contributed by atoms with E-state index in [2.05, 4.69) is 167 Å². The molecule has 2 aliphatic carbocycles. The van der Waals surface area contributed by atoms with E-state index in [-0.39, 0.29) is 10.8 Å². The summed E-state index contributed by atoms with van der Waals surface area (Å²) in [6.45, 7) is 9.41. The van der Waals surface area contributed by atoms with Crippen molar-refractivity contribution in [2.75, 3.05) is 0 Å². The summed E-state index contributed by atoms with van der Waals surface area (Å²) >= 11 is 0. The van der Waals surface area contributed by atoms with Crippen LogP contribution in [0.25, 0.3) is 77.7 Å². The molecule has 0 atom stereocenters. The van der Waals surface area contributed by atoms with Gasteiger partial charge < -0.3 is 0 Å².